The fourth-order valence-electron chi connectivity index (χ4n) is 1.65. The van der Waals surface area contributed by atoms with E-state index in [1.807, 2.05) is 13.8 Å². The zero-order valence-electron chi connectivity index (χ0n) is 11.5. The van der Waals surface area contributed by atoms with Crippen LogP contribution in [0.5, 0.6) is 0 Å². The number of halogens is 1. The maximum absolute atomic E-state index is 11.7. The summed E-state index contributed by atoms with van der Waals surface area (Å²) in [4.78, 5) is 23.4. The van der Waals surface area contributed by atoms with Gasteiger partial charge in [0, 0.05) is 12.6 Å². The summed E-state index contributed by atoms with van der Waals surface area (Å²) >= 11 is 3.10. The first kappa shape index (κ1) is 16.7. The van der Waals surface area contributed by atoms with E-state index in [0.717, 1.165) is 0 Å². The standard InChI is InChI=1S/C13H19BrN2O4/c1-8(2)9(5-6-17)16-12(18)7-15-13(19)10-3-4-11(14)20-10/h3-4,8-9,17H,5-7H2,1-2H3,(H,15,19)(H,16,18). The van der Waals surface area contributed by atoms with Gasteiger partial charge in [0.15, 0.2) is 10.4 Å². The molecule has 0 aliphatic heterocycles. The smallest absolute Gasteiger partial charge is 0.287 e. The van der Waals surface area contributed by atoms with E-state index >= 15 is 0 Å². The summed E-state index contributed by atoms with van der Waals surface area (Å²) < 4.78 is 5.53. The Morgan fingerprint density at radius 2 is 2.10 bits per heavy atom. The van der Waals surface area contributed by atoms with E-state index in [-0.39, 0.29) is 36.8 Å². The lowest BCUT2D eigenvalue weighted by Gasteiger charge is -2.21. The Balaban J connectivity index is 2.41. The molecule has 1 rings (SSSR count). The Bertz CT molecular complexity index is 459. The molecule has 20 heavy (non-hydrogen) atoms. The van der Waals surface area contributed by atoms with Crippen LogP contribution in [0.2, 0.25) is 0 Å². The molecule has 7 heteroatoms. The third-order valence-electron chi connectivity index (χ3n) is 2.80. The molecule has 0 spiro atoms. The van der Waals surface area contributed by atoms with Crippen LogP contribution in [0.25, 0.3) is 0 Å². The highest BCUT2D eigenvalue weighted by atomic mass is 79.9. The maximum atomic E-state index is 11.7. The van der Waals surface area contributed by atoms with E-state index in [1.54, 1.807) is 6.07 Å². The second kappa shape index (κ2) is 8.06. The van der Waals surface area contributed by atoms with Gasteiger partial charge >= 0.3 is 0 Å². The molecule has 0 aromatic carbocycles. The number of hydrogen-bond donors (Lipinski definition) is 3. The highest BCUT2D eigenvalue weighted by Gasteiger charge is 2.17. The minimum Gasteiger partial charge on any atom is -0.444 e. The number of rotatable bonds is 7. The van der Waals surface area contributed by atoms with Crippen LogP contribution >= 0.6 is 15.9 Å². The van der Waals surface area contributed by atoms with Gasteiger partial charge in [-0.1, -0.05) is 13.8 Å². The van der Waals surface area contributed by atoms with Crippen molar-refractivity contribution in [1.29, 1.82) is 0 Å². The Morgan fingerprint density at radius 1 is 1.40 bits per heavy atom. The largest absolute Gasteiger partial charge is 0.444 e. The number of nitrogens with one attached hydrogen (secondary N) is 2. The Labute approximate surface area is 126 Å². The molecular formula is C13H19BrN2O4. The van der Waals surface area contributed by atoms with Gasteiger partial charge in [-0.15, -0.1) is 0 Å². The predicted molar refractivity (Wildman–Crippen MR) is 77.2 cm³/mol. The minimum absolute atomic E-state index is 0.00983. The molecule has 1 heterocycles. The summed E-state index contributed by atoms with van der Waals surface area (Å²) in [5, 5.41) is 14.2. The van der Waals surface area contributed by atoms with E-state index in [2.05, 4.69) is 26.6 Å². The van der Waals surface area contributed by atoms with Crippen molar-refractivity contribution in [3.05, 3.63) is 22.6 Å². The quantitative estimate of drug-likeness (QED) is 0.693. The van der Waals surface area contributed by atoms with Crippen LogP contribution in [0.4, 0.5) is 0 Å². The van der Waals surface area contributed by atoms with Gasteiger partial charge in [-0.3, -0.25) is 9.59 Å². The molecule has 1 atom stereocenters. The van der Waals surface area contributed by atoms with E-state index in [1.165, 1.54) is 6.07 Å². The third kappa shape index (κ3) is 5.34. The molecule has 0 fully saturated rings. The zero-order valence-corrected chi connectivity index (χ0v) is 13.1. The Hall–Kier alpha value is -1.34. The molecule has 0 saturated carbocycles. The first-order valence-electron chi connectivity index (χ1n) is 6.37. The normalized spacial score (nSPS) is 12.2. The van der Waals surface area contributed by atoms with Crippen LogP contribution in [0.3, 0.4) is 0 Å². The van der Waals surface area contributed by atoms with Gasteiger partial charge in [0.25, 0.3) is 5.91 Å². The number of furan rings is 1. The van der Waals surface area contributed by atoms with Crippen LogP contribution < -0.4 is 10.6 Å². The van der Waals surface area contributed by atoms with E-state index in [0.29, 0.717) is 11.1 Å². The fraction of sp³-hybridized carbons (Fsp3) is 0.538. The summed E-state index contributed by atoms with van der Waals surface area (Å²) in [6.07, 6.45) is 0.489. The van der Waals surface area contributed by atoms with Crippen molar-refractivity contribution in [2.75, 3.05) is 13.2 Å². The molecule has 0 saturated heterocycles. The van der Waals surface area contributed by atoms with Crippen molar-refractivity contribution >= 4 is 27.7 Å². The first-order chi connectivity index (χ1) is 9.43. The Kier molecular flexibility index (Phi) is 6.74. The van der Waals surface area contributed by atoms with Gasteiger partial charge in [0.1, 0.15) is 0 Å². The lowest BCUT2D eigenvalue weighted by Crippen LogP contribution is -2.44. The second-order valence-electron chi connectivity index (χ2n) is 4.72. The molecule has 1 unspecified atom stereocenters. The summed E-state index contributed by atoms with van der Waals surface area (Å²) in [6, 6.07) is 3.01. The molecular weight excluding hydrogens is 328 g/mol. The van der Waals surface area contributed by atoms with Crippen molar-refractivity contribution in [3.8, 4) is 0 Å². The topological polar surface area (TPSA) is 91.6 Å². The molecule has 1 aromatic rings. The number of carbonyl (C=O) groups excluding carboxylic acids is 2. The number of amides is 2. The van der Waals surface area contributed by atoms with Gasteiger partial charge in [-0.25, -0.2) is 0 Å². The summed E-state index contributed by atoms with van der Waals surface area (Å²) in [7, 11) is 0. The van der Waals surface area contributed by atoms with Crippen LogP contribution in [0.1, 0.15) is 30.8 Å². The number of hydrogen-bond acceptors (Lipinski definition) is 4. The number of carbonyl (C=O) groups is 2. The Morgan fingerprint density at radius 3 is 2.60 bits per heavy atom. The lowest BCUT2D eigenvalue weighted by atomic mass is 10.0. The minimum atomic E-state index is -0.450. The molecule has 112 valence electrons. The second-order valence-corrected chi connectivity index (χ2v) is 5.50. The van der Waals surface area contributed by atoms with Crippen molar-refractivity contribution in [2.24, 2.45) is 5.92 Å². The monoisotopic (exact) mass is 346 g/mol. The van der Waals surface area contributed by atoms with Gasteiger partial charge in [-0.2, -0.15) is 0 Å². The summed E-state index contributed by atoms with van der Waals surface area (Å²) in [5.41, 5.74) is 0. The predicted octanol–water partition coefficient (Wildman–Crippen LogP) is 1.30. The van der Waals surface area contributed by atoms with Crippen molar-refractivity contribution in [2.45, 2.75) is 26.3 Å². The molecule has 0 radical (unpaired) electrons. The van der Waals surface area contributed by atoms with Crippen molar-refractivity contribution in [1.82, 2.24) is 10.6 Å². The zero-order chi connectivity index (χ0) is 15.1. The third-order valence-corrected chi connectivity index (χ3v) is 3.22. The fourth-order valence-corrected chi connectivity index (χ4v) is 1.96. The highest BCUT2D eigenvalue weighted by molar-refractivity contribution is 9.10. The first-order valence-corrected chi connectivity index (χ1v) is 7.17. The highest BCUT2D eigenvalue weighted by Crippen LogP contribution is 2.13. The van der Waals surface area contributed by atoms with Crippen LogP contribution in [-0.4, -0.2) is 36.1 Å². The molecule has 2 amide bonds. The molecule has 6 nitrogen and oxygen atoms in total. The average molecular weight is 347 g/mol. The van der Waals surface area contributed by atoms with E-state index in [4.69, 9.17) is 9.52 Å². The van der Waals surface area contributed by atoms with Gasteiger partial charge in [0.05, 0.1) is 6.54 Å². The molecule has 0 aliphatic rings. The molecule has 3 N–H and O–H groups in total. The lowest BCUT2D eigenvalue weighted by molar-refractivity contribution is -0.121. The van der Waals surface area contributed by atoms with Gasteiger partial charge < -0.3 is 20.2 Å². The number of aliphatic hydroxyl groups excluding tert-OH is 1. The maximum Gasteiger partial charge on any atom is 0.287 e. The molecule has 1 aromatic heterocycles. The van der Waals surface area contributed by atoms with Crippen molar-refractivity contribution in [3.63, 3.8) is 0 Å². The summed E-state index contributed by atoms with van der Waals surface area (Å²) in [6.45, 7) is 3.79. The van der Waals surface area contributed by atoms with Crippen LogP contribution in [-0.2, 0) is 4.79 Å². The van der Waals surface area contributed by atoms with Gasteiger partial charge in [0.2, 0.25) is 5.91 Å². The SMILES string of the molecule is CC(C)C(CCO)NC(=O)CNC(=O)c1ccc(Br)o1. The number of aliphatic hydroxyl groups is 1. The van der Waals surface area contributed by atoms with Crippen LogP contribution in [0, 0.1) is 5.92 Å². The van der Waals surface area contributed by atoms with Gasteiger partial charge in [-0.05, 0) is 40.4 Å². The molecule has 0 bridgehead atoms. The molecule has 0 aliphatic carbocycles. The summed E-state index contributed by atoms with van der Waals surface area (Å²) in [5.74, 6) is -0.395. The van der Waals surface area contributed by atoms with Crippen molar-refractivity contribution < 1.29 is 19.1 Å². The van der Waals surface area contributed by atoms with E-state index < -0.39 is 5.91 Å². The van der Waals surface area contributed by atoms with Crippen LogP contribution in [0.15, 0.2) is 21.2 Å². The van der Waals surface area contributed by atoms with E-state index in [9.17, 15) is 9.59 Å². The average Bonchev–Trinajstić information content (AvgIpc) is 2.82.